The van der Waals surface area contributed by atoms with Crippen molar-refractivity contribution >= 4 is 22.5 Å². The van der Waals surface area contributed by atoms with Crippen LogP contribution in [-0.2, 0) is 5.41 Å². The average Bonchev–Trinajstić information content (AvgIpc) is 3.48. The lowest BCUT2D eigenvalue weighted by Crippen LogP contribution is -2.32. The molecule has 0 saturated heterocycles. The van der Waals surface area contributed by atoms with E-state index in [9.17, 15) is 5.26 Å². The highest BCUT2D eigenvalue weighted by molar-refractivity contribution is 7.99. The second kappa shape index (κ2) is 11.1. The molecule has 5 heteroatoms. The van der Waals surface area contributed by atoms with Crippen molar-refractivity contribution in [2.45, 2.75) is 15.2 Å². The Labute approximate surface area is 293 Å². The Morgan fingerprint density at radius 3 is 1.76 bits per heavy atom. The van der Waals surface area contributed by atoms with Gasteiger partial charge in [-0.25, -0.2) is 15.0 Å². The van der Waals surface area contributed by atoms with Crippen LogP contribution in [0.2, 0.25) is 0 Å². The number of benzene rings is 7. The molecule has 1 aromatic heterocycles. The number of fused-ring (bicyclic) bond motifs is 11. The lowest BCUT2D eigenvalue weighted by Gasteiger charge is -2.40. The Kier molecular flexibility index (Phi) is 6.36. The van der Waals surface area contributed by atoms with Gasteiger partial charge >= 0.3 is 0 Å². The molecule has 0 amide bonds. The molecular formula is C45H26N4S. The normalized spacial score (nSPS) is 15.2. The Hall–Kier alpha value is -6.35. The van der Waals surface area contributed by atoms with Crippen LogP contribution in [0.15, 0.2) is 168 Å². The first kappa shape index (κ1) is 28.6. The molecule has 4 nitrogen and oxygen atoms in total. The molecule has 2 aliphatic rings. The van der Waals surface area contributed by atoms with E-state index in [-0.39, 0.29) is 0 Å². The molecule has 0 N–H and O–H groups in total. The summed E-state index contributed by atoms with van der Waals surface area (Å²) in [5, 5.41) is 12.6. The van der Waals surface area contributed by atoms with Gasteiger partial charge in [0.15, 0.2) is 17.5 Å². The largest absolute Gasteiger partial charge is 0.208 e. The molecular weight excluding hydrogens is 629 g/mol. The number of rotatable bonds is 3. The van der Waals surface area contributed by atoms with Crippen LogP contribution >= 0.6 is 11.8 Å². The molecule has 8 aromatic rings. The fourth-order valence-corrected chi connectivity index (χ4v) is 9.27. The predicted molar refractivity (Wildman–Crippen MR) is 200 cm³/mol. The van der Waals surface area contributed by atoms with Crippen molar-refractivity contribution in [2.24, 2.45) is 0 Å². The summed E-state index contributed by atoms with van der Waals surface area (Å²) < 4.78 is 0. The van der Waals surface area contributed by atoms with E-state index < -0.39 is 5.41 Å². The van der Waals surface area contributed by atoms with E-state index in [0.717, 1.165) is 43.5 Å². The standard InChI is InChI=1S/C45H26N4S/c46-27-30-26-38-40(32-19-8-7-18-31(30)32)33-20-9-10-22-35(33)45(38)36-23-11-12-25-39(36)50-41-34(21-13-24-37(41)45)44-48-42(28-14-3-1-4-15-28)47-43(49-44)29-16-5-2-6-17-29/h1-26H. The summed E-state index contributed by atoms with van der Waals surface area (Å²) in [6.45, 7) is 0. The maximum absolute atomic E-state index is 10.5. The first-order valence-electron chi connectivity index (χ1n) is 16.6. The topological polar surface area (TPSA) is 62.5 Å². The van der Waals surface area contributed by atoms with Gasteiger partial charge in [0.05, 0.1) is 17.0 Å². The Morgan fingerprint density at radius 2 is 1.04 bits per heavy atom. The van der Waals surface area contributed by atoms with Gasteiger partial charge in [0, 0.05) is 31.9 Å². The summed E-state index contributed by atoms with van der Waals surface area (Å²) >= 11 is 1.77. The van der Waals surface area contributed by atoms with E-state index in [0.29, 0.717) is 23.0 Å². The number of hydrogen-bond donors (Lipinski definition) is 0. The summed E-state index contributed by atoms with van der Waals surface area (Å²) in [5.41, 5.74) is 9.93. The van der Waals surface area contributed by atoms with Gasteiger partial charge in [0.1, 0.15) is 0 Å². The molecule has 0 radical (unpaired) electrons. The van der Waals surface area contributed by atoms with Crippen LogP contribution < -0.4 is 0 Å². The molecule has 0 fully saturated rings. The Morgan fingerprint density at radius 1 is 0.480 bits per heavy atom. The van der Waals surface area contributed by atoms with E-state index >= 15 is 0 Å². The van der Waals surface area contributed by atoms with Gasteiger partial charge < -0.3 is 0 Å². The Balaban J connectivity index is 1.31. The van der Waals surface area contributed by atoms with Crippen molar-refractivity contribution in [3.63, 3.8) is 0 Å². The quantitative estimate of drug-likeness (QED) is 0.190. The van der Waals surface area contributed by atoms with Crippen LogP contribution in [0.25, 0.3) is 56.1 Å². The maximum Gasteiger partial charge on any atom is 0.165 e. The minimum Gasteiger partial charge on any atom is -0.208 e. The highest BCUT2D eigenvalue weighted by atomic mass is 32.2. The van der Waals surface area contributed by atoms with Gasteiger partial charge in [-0.1, -0.05) is 157 Å². The zero-order valence-electron chi connectivity index (χ0n) is 26.7. The molecule has 10 rings (SSSR count). The molecule has 1 aliphatic heterocycles. The van der Waals surface area contributed by atoms with Gasteiger partial charge in [0.2, 0.25) is 0 Å². The van der Waals surface area contributed by atoms with Gasteiger partial charge in [-0.3, -0.25) is 0 Å². The smallest absolute Gasteiger partial charge is 0.165 e. The first-order valence-corrected chi connectivity index (χ1v) is 17.4. The van der Waals surface area contributed by atoms with E-state index in [2.05, 4.69) is 97.1 Å². The zero-order valence-corrected chi connectivity index (χ0v) is 27.5. The summed E-state index contributed by atoms with van der Waals surface area (Å²) in [6, 6.07) is 57.2. The second-order valence-corrected chi connectivity index (χ2v) is 13.7. The lowest BCUT2D eigenvalue weighted by atomic mass is 9.66. The fraction of sp³-hybridized carbons (Fsp3) is 0.0222. The molecule has 1 aliphatic carbocycles. The lowest BCUT2D eigenvalue weighted by molar-refractivity contribution is 0.723. The third-order valence-corrected chi connectivity index (χ3v) is 11.3. The van der Waals surface area contributed by atoms with Gasteiger partial charge in [-0.05, 0) is 50.9 Å². The number of aromatic nitrogens is 3. The second-order valence-electron chi connectivity index (χ2n) is 12.6. The SMILES string of the molecule is N#Cc1cc2c(c3ccccc13)-c1ccccc1C21c2ccccc2Sc2c(-c3nc(-c4ccccc4)nc(-c4ccccc4)n3)cccc21. The van der Waals surface area contributed by atoms with Crippen molar-refractivity contribution in [2.75, 3.05) is 0 Å². The molecule has 1 atom stereocenters. The molecule has 0 bridgehead atoms. The Bertz CT molecular complexity index is 2640. The average molecular weight is 655 g/mol. The highest BCUT2D eigenvalue weighted by Crippen LogP contribution is 2.64. The zero-order chi connectivity index (χ0) is 33.2. The van der Waals surface area contributed by atoms with E-state index in [1.54, 1.807) is 11.8 Å². The van der Waals surface area contributed by atoms with Crippen LogP contribution in [0.5, 0.6) is 0 Å². The third-order valence-electron chi connectivity index (χ3n) is 10.0. The minimum absolute atomic E-state index is 0.624. The summed E-state index contributed by atoms with van der Waals surface area (Å²) in [5.74, 6) is 1.88. The molecule has 1 spiro atoms. The number of nitrogens with zero attached hydrogens (tertiary/aromatic N) is 4. The van der Waals surface area contributed by atoms with Crippen LogP contribution in [0.4, 0.5) is 0 Å². The summed E-state index contributed by atoms with van der Waals surface area (Å²) in [7, 11) is 0. The molecule has 1 unspecified atom stereocenters. The van der Waals surface area contributed by atoms with Crippen molar-refractivity contribution in [1.29, 1.82) is 5.26 Å². The summed E-state index contributed by atoms with van der Waals surface area (Å²) in [4.78, 5) is 17.6. The van der Waals surface area contributed by atoms with E-state index in [4.69, 9.17) is 15.0 Å². The minimum atomic E-state index is -0.660. The van der Waals surface area contributed by atoms with E-state index in [1.807, 2.05) is 66.7 Å². The maximum atomic E-state index is 10.5. The van der Waals surface area contributed by atoms with Crippen LogP contribution in [0.3, 0.4) is 0 Å². The first-order chi connectivity index (χ1) is 24.8. The molecule has 2 heterocycles. The van der Waals surface area contributed by atoms with Crippen molar-refractivity contribution in [1.82, 2.24) is 15.0 Å². The fourth-order valence-electron chi connectivity index (χ4n) is 7.98. The number of nitriles is 1. The van der Waals surface area contributed by atoms with Crippen LogP contribution in [0, 0.1) is 11.3 Å². The van der Waals surface area contributed by atoms with Crippen LogP contribution in [-0.4, -0.2) is 15.0 Å². The van der Waals surface area contributed by atoms with Crippen LogP contribution in [0.1, 0.15) is 27.8 Å². The number of hydrogen-bond acceptors (Lipinski definition) is 5. The van der Waals surface area contributed by atoms with Crippen molar-refractivity contribution in [3.8, 4) is 51.4 Å². The van der Waals surface area contributed by atoms with Gasteiger partial charge in [-0.2, -0.15) is 5.26 Å². The van der Waals surface area contributed by atoms with E-state index in [1.165, 1.54) is 27.1 Å². The molecule has 50 heavy (non-hydrogen) atoms. The van der Waals surface area contributed by atoms with Gasteiger partial charge in [-0.15, -0.1) is 0 Å². The highest BCUT2D eigenvalue weighted by Gasteiger charge is 2.51. The predicted octanol–water partition coefficient (Wildman–Crippen LogP) is 10.7. The van der Waals surface area contributed by atoms with Crippen molar-refractivity contribution in [3.05, 3.63) is 186 Å². The molecule has 7 aromatic carbocycles. The molecule has 0 saturated carbocycles. The monoisotopic (exact) mass is 654 g/mol. The van der Waals surface area contributed by atoms with Crippen molar-refractivity contribution < 1.29 is 0 Å². The third kappa shape index (κ3) is 4.03. The molecule has 232 valence electrons. The summed E-state index contributed by atoms with van der Waals surface area (Å²) in [6.07, 6.45) is 0. The van der Waals surface area contributed by atoms with Gasteiger partial charge in [0.25, 0.3) is 0 Å².